The van der Waals surface area contributed by atoms with Crippen molar-refractivity contribution in [1.82, 2.24) is 14.9 Å². The first-order valence-corrected chi connectivity index (χ1v) is 12.6. The van der Waals surface area contributed by atoms with Crippen LogP contribution in [0.1, 0.15) is 12.8 Å². The van der Waals surface area contributed by atoms with Crippen LogP contribution in [0.2, 0.25) is 5.15 Å². The van der Waals surface area contributed by atoms with Gasteiger partial charge in [0, 0.05) is 16.9 Å². The Morgan fingerprint density at radius 3 is 2.24 bits per heavy atom. The Labute approximate surface area is 221 Å². The molecule has 0 radical (unpaired) electrons. The molecule has 1 aliphatic heterocycles. The van der Waals surface area contributed by atoms with Crippen molar-refractivity contribution in [3.05, 3.63) is 84.0 Å². The average Bonchev–Trinajstić information content (AvgIpc) is 3.43. The van der Waals surface area contributed by atoms with E-state index < -0.39 is 0 Å². The number of rotatable bonds is 8. The molecule has 2 N–H and O–H groups in total. The van der Waals surface area contributed by atoms with E-state index in [0.29, 0.717) is 28.9 Å². The van der Waals surface area contributed by atoms with Crippen molar-refractivity contribution < 1.29 is 9.53 Å². The summed E-state index contributed by atoms with van der Waals surface area (Å²) in [5.74, 6) is 1.84. The lowest BCUT2D eigenvalue weighted by Crippen LogP contribution is -2.30. The minimum absolute atomic E-state index is 0.000638. The first-order valence-electron chi connectivity index (χ1n) is 12.3. The maximum Gasteiger partial charge on any atom is 0.238 e. The molecule has 0 spiro atoms. The molecule has 1 saturated heterocycles. The Kier molecular flexibility index (Phi) is 7.63. The van der Waals surface area contributed by atoms with Crippen LogP contribution < -0.4 is 15.4 Å². The van der Waals surface area contributed by atoms with Gasteiger partial charge in [-0.2, -0.15) is 0 Å². The predicted octanol–water partition coefficient (Wildman–Crippen LogP) is 6.25. The maximum absolute atomic E-state index is 12.4. The number of ether oxygens (including phenoxy) is 1. The molecule has 188 valence electrons. The van der Waals surface area contributed by atoms with Gasteiger partial charge >= 0.3 is 0 Å². The fourth-order valence-corrected chi connectivity index (χ4v) is 4.65. The quantitative estimate of drug-likeness (QED) is 0.271. The lowest BCUT2D eigenvalue weighted by atomic mass is 10.1. The molecule has 0 aliphatic carbocycles. The topological polar surface area (TPSA) is 79.4 Å². The second-order valence-corrected chi connectivity index (χ2v) is 9.25. The van der Waals surface area contributed by atoms with Crippen LogP contribution in [0.15, 0.2) is 78.9 Å². The largest absolute Gasteiger partial charge is 0.497 e. The van der Waals surface area contributed by atoms with Crippen molar-refractivity contribution in [2.24, 2.45) is 0 Å². The van der Waals surface area contributed by atoms with Crippen molar-refractivity contribution in [1.29, 1.82) is 0 Å². The molecule has 1 fully saturated rings. The molecule has 2 heterocycles. The number of carbonyl (C=O) groups excluding carboxylic acids is 1. The standard InChI is InChI=1S/C29H28ClN5O2/c1-37-24-15-9-21(10-16-24)28-33-27(30)26(20-7-3-2-4-8-20)29(34-28)32-23-13-11-22(12-14-23)31-25(36)19-35-17-5-6-18-35/h2-4,7-16H,5-6,17-19H2,1H3,(H,31,36)(H,32,33,34). The number of nitrogens with one attached hydrogen (secondary N) is 2. The number of hydrogen-bond acceptors (Lipinski definition) is 6. The van der Waals surface area contributed by atoms with E-state index in [1.165, 1.54) is 0 Å². The van der Waals surface area contributed by atoms with Gasteiger partial charge in [0.15, 0.2) is 5.82 Å². The molecule has 0 saturated carbocycles. The third-order valence-corrected chi connectivity index (χ3v) is 6.55. The first kappa shape index (κ1) is 24.7. The Morgan fingerprint density at radius 1 is 0.892 bits per heavy atom. The van der Waals surface area contributed by atoms with Crippen LogP contribution in [0.4, 0.5) is 17.2 Å². The van der Waals surface area contributed by atoms with Gasteiger partial charge in [-0.05, 0) is 80.0 Å². The van der Waals surface area contributed by atoms with Crippen LogP contribution in [-0.4, -0.2) is 47.5 Å². The van der Waals surface area contributed by atoms with E-state index in [-0.39, 0.29) is 5.91 Å². The average molecular weight is 514 g/mol. The number of anilines is 3. The molecule has 8 heteroatoms. The SMILES string of the molecule is COc1ccc(-c2nc(Cl)c(-c3ccccc3)c(Nc3ccc(NC(=O)CN4CCCC4)cc3)n2)cc1. The second kappa shape index (κ2) is 11.4. The summed E-state index contributed by atoms with van der Waals surface area (Å²) in [5.41, 5.74) is 3.99. The van der Waals surface area contributed by atoms with E-state index in [1.54, 1.807) is 7.11 Å². The highest BCUT2D eigenvalue weighted by Gasteiger charge is 2.17. The minimum atomic E-state index is 0.000638. The Bertz CT molecular complexity index is 1360. The number of benzene rings is 3. The Balaban J connectivity index is 1.41. The summed E-state index contributed by atoms with van der Waals surface area (Å²) < 4.78 is 5.27. The molecule has 0 bridgehead atoms. The molecule has 37 heavy (non-hydrogen) atoms. The molecule has 1 amide bonds. The van der Waals surface area contributed by atoms with Gasteiger partial charge in [-0.25, -0.2) is 9.97 Å². The van der Waals surface area contributed by atoms with Crippen LogP contribution in [0, 0.1) is 0 Å². The normalized spacial score (nSPS) is 13.4. The van der Waals surface area contributed by atoms with E-state index in [9.17, 15) is 4.79 Å². The number of methoxy groups -OCH3 is 1. The van der Waals surface area contributed by atoms with Gasteiger partial charge in [0.1, 0.15) is 16.7 Å². The van der Waals surface area contributed by atoms with Crippen molar-refractivity contribution in [3.8, 4) is 28.3 Å². The highest BCUT2D eigenvalue weighted by molar-refractivity contribution is 6.33. The molecule has 0 atom stereocenters. The number of likely N-dealkylation sites (tertiary alicyclic amines) is 1. The monoisotopic (exact) mass is 513 g/mol. The molecular formula is C29H28ClN5O2. The van der Waals surface area contributed by atoms with Gasteiger partial charge in [-0.1, -0.05) is 41.9 Å². The molecule has 1 aliphatic rings. The van der Waals surface area contributed by atoms with Gasteiger partial charge < -0.3 is 15.4 Å². The zero-order valence-corrected chi connectivity index (χ0v) is 21.3. The van der Waals surface area contributed by atoms with E-state index in [1.807, 2.05) is 78.9 Å². The second-order valence-electron chi connectivity index (χ2n) is 8.89. The fourth-order valence-electron chi connectivity index (χ4n) is 4.37. The van der Waals surface area contributed by atoms with E-state index >= 15 is 0 Å². The minimum Gasteiger partial charge on any atom is -0.497 e. The van der Waals surface area contributed by atoms with Gasteiger partial charge in [-0.15, -0.1) is 0 Å². The van der Waals surface area contributed by atoms with Crippen LogP contribution in [0.3, 0.4) is 0 Å². The highest BCUT2D eigenvalue weighted by Crippen LogP contribution is 2.36. The number of nitrogens with zero attached hydrogens (tertiary/aromatic N) is 3. The lowest BCUT2D eigenvalue weighted by molar-refractivity contribution is -0.117. The zero-order chi connectivity index (χ0) is 25.6. The van der Waals surface area contributed by atoms with Gasteiger partial charge in [0.25, 0.3) is 0 Å². The number of halogens is 1. The van der Waals surface area contributed by atoms with Crippen molar-refractivity contribution in [2.45, 2.75) is 12.8 Å². The fraction of sp³-hybridized carbons (Fsp3) is 0.207. The predicted molar refractivity (Wildman–Crippen MR) is 148 cm³/mol. The summed E-state index contributed by atoms with van der Waals surface area (Å²) in [5, 5.41) is 6.73. The van der Waals surface area contributed by atoms with Crippen LogP contribution in [0.25, 0.3) is 22.5 Å². The van der Waals surface area contributed by atoms with Crippen LogP contribution >= 0.6 is 11.6 Å². The van der Waals surface area contributed by atoms with Crippen LogP contribution in [-0.2, 0) is 4.79 Å². The molecule has 7 nitrogen and oxygen atoms in total. The van der Waals surface area contributed by atoms with Gasteiger partial charge in [0.2, 0.25) is 5.91 Å². The van der Waals surface area contributed by atoms with Gasteiger partial charge in [0.05, 0.1) is 19.2 Å². The number of aromatic nitrogens is 2. The summed E-state index contributed by atoms with van der Waals surface area (Å²) >= 11 is 6.73. The number of amides is 1. The molecule has 5 rings (SSSR count). The third-order valence-electron chi connectivity index (χ3n) is 6.27. The summed E-state index contributed by atoms with van der Waals surface area (Å²) in [6.07, 6.45) is 2.32. The lowest BCUT2D eigenvalue weighted by Gasteiger charge is -2.16. The molecular weight excluding hydrogens is 486 g/mol. The summed E-state index contributed by atoms with van der Waals surface area (Å²) in [7, 11) is 1.63. The van der Waals surface area contributed by atoms with E-state index in [2.05, 4.69) is 20.5 Å². The Hall–Kier alpha value is -3.94. The van der Waals surface area contributed by atoms with Crippen molar-refractivity contribution >= 4 is 34.7 Å². The third kappa shape index (κ3) is 6.07. The molecule has 1 aromatic heterocycles. The van der Waals surface area contributed by atoms with Gasteiger partial charge in [-0.3, -0.25) is 9.69 Å². The number of hydrogen-bond donors (Lipinski definition) is 2. The molecule has 3 aromatic carbocycles. The zero-order valence-electron chi connectivity index (χ0n) is 20.6. The molecule has 0 unspecified atom stereocenters. The maximum atomic E-state index is 12.4. The summed E-state index contributed by atoms with van der Waals surface area (Å²) in [4.78, 5) is 24.0. The first-order chi connectivity index (χ1) is 18.1. The van der Waals surface area contributed by atoms with Crippen molar-refractivity contribution in [3.63, 3.8) is 0 Å². The Morgan fingerprint density at radius 2 is 1.57 bits per heavy atom. The van der Waals surface area contributed by atoms with Crippen LogP contribution in [0.5, 0.6) is 5.75 Å². The summed E-state index contributed by atoms with van der Waals surface area (Å²) in [6.45, 7) is 2.40. The number of carbonyl (C=O) groups is 1. The van der Waals surface area contributed by atoms with E-state index in [4.69, 9.17) is 21.3 Å². The summed E-state index contributed by atoms with van der Waals surface area (Å²) in [6, 6.07) is 24.9. The van der Waals surface area contributed by atoms with E-state index in [0.717, 1.165) is 54.2 Å². The molecule has 4 aromatic rings. The van der Waals surface area contributed by atoms with Crippen molar-refractivity contribution in [2.75, 3.05) is 37.4 Å². The highest BCUT2D eigenvalue weighted by atomic mass is 35.5. The smallest absolute Gasteiger partial charge is 0.238 e.